The highest BCUT2D eigenvalue weighted by molar-refractivity contribution is 7.99. The topological polar surface area (TPSA) is 116 Å². The summed E-state index contributed by atoms with van der Waals surface area (Å²) in [5.41, 5.74) is 5.27. The number of nitrogens with one attached hydrogen (secondary N) is 1. The molecule has 1 aromatic heterocycles. The molecule has 0 aliphatic heterocycles. The summed E-state index contributed by atoms with van der Waals surface area (Å²) in [6, 6.07) is 13.6. The Morgan fingerprint density at radius 3 is 2.17 bits per heavy atom. The van der Waals surface area contributed by atoms with Crippen molar-refractivity contribution in [3.8, 4) is 23.3 Å². The highest BCUT2D eigenvalue weighted by atomic mass is 32.2. The van der Waals surface area contributed by atoms with Crippen molar-refractivity contribution in [3.05, 3.63) is 65.2 Å². The fourth-order valence-electron chi connectivity index (χ4n) is 2.78. The summed E-state index contributed by atoms with van der Waals surface area (Å²) >= 11 is 1.04. The molecule has 148 valence electrons. The first-order valence-corrected chi connectivity index (χ1v) is 9.31. The summed E-state index contributed by atoms with van der Waals surface area (Å²) in [6.07, 6.45) is 0. The average molecular weight is 421 g/mol. The van der Waals surface area contributed by atoms with Crippen LogP contribution in [0.5, 0.6) is 0 Å². The minimum absolute atomic E-state index is 0.0962. The molecule has 0 bridgehead atoms. The standard InChI is InChI=1S/C21H13F2N5OS/c1-11(29)27-12-5-7-13(8-6-12)30-21-15(10-25)18(14(9-24)20(26)28-21)19-16(22)3-2-4-17(19)23/h2-8H,1H3,(H2,26,28)(H,27,29). The lowest BCUT2D eigenvalue weighted by Gasteiger charge is -2.14. The van der Waals surface area contributed by atoms with Crippen LogP contribution in [0.2, 0.25) is 0 Å². The molecule has 0 aliphatic carbocycles. The summed E-state index contributed by atoms with van der Waals surface area (Å²) < 4.78 is 28.9. The van der Waals surface area contributed by atoms with Crippen LogP contribution >= 0.6 is 11.8 Å². The summed E-state index contributed by atoms with van der Waals surface area (Å²) in [4.78, 5) is 15.9. The number of anilines is 2. The number of hydrogen-bond donors (Lipinski definition) is 2. The van der Waals surface area contributed by atoms with Gasteiger partial charge < -0.3 is 11.1 Å². The smallest absolute Gasteiger partial charge is 0.221 e. The number of rotatable bonds is 4. The van der Waals surface area contributed by atoms with Gasteiger partial charge in [0.05, 0.1) is 11.1 Å². The van der Waals surface area contributed by atoms with E-state index in [0.29, 0.717) is 10.6 Å². The quantitative estimate of drug-likeness (QED) is 0.642. The van der Waals surface area contributed by atoms with E-state index in [9.17, 15) is 24.1 Å². The van der Waals surface area contributed by atoms with E-state index < -0.39 is 17.2 Å². The van der Waals surface area contributed by atoms with Crippen LogP contribution in [0.4, 0.5) is 20.3 Å². The Morgan fingerprint density at radius 2 is 1.63 bits per heavy atom. The number of nitrogens with zero attached hydrogens (tertiary/aromatic N) is 3. The molecule has 30 heavy (non-hydrogen) atoms. The molecule has 0 spiro atoms. The second-order valence-electron chi connectivity index (χ2n) is 6.06. The number of nitriles is 2. The molecule has 0 fully saturated rings. The first kappa shape index (κ1) is 20.8. The Balaban J connectivity index is 2.16. The first-order valence-electron chi connectivity index (χ1n) is 8.49. The van der Waals surface area contributed by atoms with Crippen molar-refractivity contribution in [1.29, 1.82) is 10.5 Å². The Morgan fingerprint density at radius 1 is 1.03 bits per heavy atom. The summed E-state index contributed by atoms with van der Waals surface area (Å²) in [5.74, 6) is -2.32. The first-order chi connectivity index (χ1) is 14.3. The number of hydrogen-bond acceptors (Lipinski definition) is 6. The maximum atomic E-state index is 14.4. The predicted molar refractivity (Wildman–Crippen MR) is 108 cm³/mol. The number of amides is 1. The molecule has 3 aromatic rings. The van der Waals surface area contributed by atoms with E-state index in [1.807, 2.05) is 6.07 Å². The van der Waals surface area contributed by atoms with E-state index in [0.717, 1.165) is 23.9 Å². The Bertz CT molecular complexity index is 1210. The van der Waals surface area contributed by atoms with Crippen molar-refractivity contribution < 1.29 is 13.6 Å². The molecule has 3 rings (SSSR count). The average Bonchev–Trinajstić information content (AvgIpc) is 2.69. The highest BCUT2D eigenvalue weighted by Gasteiger charge is 2.25. The van der Waals surface area contributed by atoms with E-state index in [1.165, 1.54) is 13.0 Å². The van der Waals surface area contributed by atoms with Gasteiger partial charge in [0, 0.05) is 23.1 Å². The minimum Gasteiger partial charge on any atom is -0.383 e. The molecule has 0 atom stereocenters. The van der Waals surface area contributed by atoms with Gasteiger partial charge in [0.15, 0.2) is 0 Å². The van der Waals surface area contributed by atoms with Crippen molar-refractivity contribution in [3.63, 3.8) is 0 Å². The third-order valence-corrected chi connectivity index (χ3v) is 5.01. The van der Waals surface area contributed by atoms with Gasteiger partial charge in [-0.3, -0.25) is 4.79 Å². The molecular weight excluding hydrogens is 408 g/mol. The largest absolute Gasteiger partial charge is 0.383 e. The molecule has 0 aliphatic rings. The van der Waals surface area contributed by atoms with Gasteiger partial charge in [-0.15, -0.1) is 0 Å². The fraction of sp³-hybridized carbons (Fsp3) is 0.0476. The summed E-state index contributed by atoms with van der Waals surface area (Å²) in [6.45, 7) is 1.38. The summed E-state index contributed by atoms with van der Waals surface area (Å²) in [7, 11) is 0. The van der Waals surface area contributed by atoms with Crippen molar-refractivity contribution in [1.82, 2.24) is 4.98 Å². The number of aromatic nitrogens is 1. The monoisotopic (exact) mass is 421 g/mol. The van der Waals surface area contributed by atoms with Crippen LogP contribution in [0.1, 0.15) is 18.1 Å². The van der Waals surface area contributed by atoms with Gasteiger partial charge in [0.1, 0.15) is 40.2 Å². The van der Waals surface area contributed by atoms with Gasteiger partial charge in [0.2, 0.25) is 5.91 Å². The van der Waals surface area contributed by atoms with E-state index in [4.69, 9.17) is 5.73 Å². The molecule has 0 saturated carbocycles. The molecule has 0 unspecified atom stereocenters. The molecule has 1 amide bonds. The maximum Gasteiger partial charge on any atom is 0.221 e. The maximum absolute atomic E-state index is 14.4. The number of nitrogen functional groups attached to an aromatic ring is 1. The van der Waals surface area contributed by atoms with Crippen molar-refractivity contribution in [2.45, 2.75) is 16.8 Å². The zero-order valence-electron chi connectivity index (χ0n) is 15.5. The zero-order valence-corrected chi connectivity index (χ0v) is 16.3. The number of nitrogens with two attached hydrogens (primary N) is 1. The number of pyridine rings is 1. The number of benzene rings is 2. The van der Waals surface area contributed by atoms with Crippen LogP contribution in [0.3, 0.4) is 0 Å². The molecule has 9 heteroatoms. The lowest BCUT2D eigenvalue weighted by molar-refractivity contribution is -0.114. The van der Waals surface area contributed by atoms with Crippen LogP contribution in [-0.2, 0) is 4.79 Å². The Hall–Kier alpha value is -3.95. The number of halogens is 2. The van der Waals surface area contributed by atoms with Crippen molar-refractivity contribution >= 4 is 29.2 Å². The molecule has 0 radical (unpaired) electrons. The van der Waals surface area contributed by atoms with Crippen LogP contribution < -0.4 is 11.1 Å². The number of carbonyl (C=O) groups excluding carboxylic acids is 1. The van der Waals surface area contributed by atoms with Crippen molar-refractivity contribution in [2.75, 3.05) is 11.1 Å². The van der Waals surface area contributed by atoms with Crippen LogP contribution in [0.15, 0.2) is 52.4 Å². The van der Waals surface area contributed by atoms with Gasteiger partial charge in [0.25, 0.3) is 0 Å². The normalized spacial score (nSPS) is 10.2. The van der Waals surface area contributed by atoms with Gasteiger partial charge in [-0.1, -0.05) is 17.8 Å². The minimum atomic E-state index is -0.927. The molecule has 0 saturated heterocycles. The molecule has 6 nitrogen and oxygen atoms in total. The zero-order chi connectivity index (χ0) is 21.8. The Labute approximate surface area is 175 Å². The molecular formula is C21H13F2N5OS. The van der Waals surface area contributed by atoms with Gasteiger partial charge >= 0.3 is 0 Å². The molecule has 1 heterocycles. The van der Waals surface area contributed by atoms with Gasteiger partial charge in [-0.25, -0.2) is 13.8 Å². The third-order valence-electron chi connectivity index (χ3n) is 4.02. The van der Waals surface area contributed by atoms with Gasteiger partial charge in [-0.05, 0) is 36.4 Å². The third kappa shape index (κ3) is 4.07. The number of carbonyl (C=O) groups is 1. The van der Waals surface area contributed by atoms with Crippen LogP contribution in [-0.4, -0.2) is 10.9 Å². The van der Waals surface area contributed by atoms with E-state index in [-0.39, 0.29) is 33.4 Å². The highest BCUT2D eigenvalue weighted by Crippen LogP contribution is 2.40. The van der Waals surface area contributed by atoms with E-state index in [1.54, 1.807) is 30.3 Å². The fourth-order valence-corrected chi connectivity index (χ4v) is 3.67. The lowest BCUT2D eigenvalue weighted by atomic mass is 9.96. The van der Waals surface area contributed by atoms with E-state index >= 15 is 0 Å². The van der Waals surface area contributed by atoms with E-state index in [2.05, 4.69) is 10.3 Å². The summed E-state index contributed by atoms with van der Waals surface area (Å²) in [5, 5.41) is 21.9. The molecule has 3 N–H and O–H groups in total. The van der Waals surface area contributed by atoms with Crippen LogP contribution in [0, 0.1) is 34.3 Å². The van der Waals surface area contributed by atoms with Crippen molar-refractivity contribution in [2.24, 2.45) is 0 Å². The van der Waals surface area contributed by atoms with Crippen LogP contribution in [0.25, 0.3) is 11.1 Å². The Kier molecular flexibility index (Phi) is 5.95. The molecule has 2 aromatic carbocycles. The predicted octanol–water partition coefficient (Wildman–Crippen LogP) is 4.46. The SMILES string of the molecule is CC(=O)Nc1ccc(Sc2nc(N)c(C#N)c(-c3c(F)cccc3F)c2C#N)cc1. The second kappa shape index (κ2) is 8.60. The van der Waals surface area contributed by atoms with Gasteiger partial charge in [-0.2, -0.15) is 10.5 Å². The second-order valence-corrected chi connectivity index (χ2v) is 7.12. The lowest BCUT2D eigenvalue weighted by Crippen LogP contribution is -2.05.